The SMILES string of the molecule is Fc1cc(CBr)c(I)cc1Oc1ccc(Cl)cc1. The first-order valence-electron chi connectivity index (χ1n) is 5.07. The highest BCUT2D eigenvalue weighted by Crippen LogP contribution is 2.29. The zero-order chi connectivity index (χ0) is 13.1. The molecule has 0 spiro atoms. The van der Waals surface area contributed by atoms with Gasteiger partial charge in [0.2, 0.25) is 0 Å². The third-order valence-electron chi connectivity index (χ3n) is 2.29. The van der Waals surface area contributed by atoms with Crippen LogP contribution in [0.5, 0.6) is 11.5 Å². The Labute approximate surface area is 132 Å². The lowest BCUT2D eigenvalue weighted by Crippen LogP contribution is -1.93. The van der Waals surface area contributed by atoms with E-state index in [1.54, 1.807) is 30.3 Å². The minimum absolute atomic E-state index is 0.214. The molecule has 18 heavy (non-hydrogen) atoms. The van der Waals surface area contributed by atoms with Crippen LogP contribution in [0.3, 0.4) is 0 Å². The Bertz CT molecular complexity index is 560. The van der Waals surface area contributed by atoms with E-state index in [4.69, 9.17) is 16.3 Å². The standard InChI is InChI=1S/C13H8BrClFIO/c14-7-8-5-11(16)13(6-12(8)17)18-10-3-1-9(15)2-4-10/h1-6H,7H2. The first kappa shape index (κ1) is 14.1. The van der Waals surface area contributed by atoms with Gasteiger partial charge in [-0.05, 0) is 64.6 Å². The Morgan fingerprint density at radius 1 is 1.22 bits per heavy atom. The van der Waals surface area contributed by atoms with Gasteiger partial charge in [-0.3, -0.25) is 0 Å². The van der Waals surface area contributed by atoms with Crippen LogP contribution in [0.15, 0.2) is 36.4 Å². The van der Waals surface area contributed by atoms with Crippen LogP contribution in [0.1, 0.15) is 5.56 Å². The number of hydrogen-bond acceptors (Lipinski definition) is 1. The molecule has 1 nitrogen and oxygen atoms in total. The topological polar surface area (TPSA) is 9.23 Å². The Morgan fingerprint density at radius 2 is 1.89 bits per heavy atom. The minimum Gasteiger partial charge on any atom is -0.454 e. The molecular weight excluding hydrogens is 433 g/mol. The summed E-state index contributed by atoms with van der Waals surface area (Å²) in [5.74, 6) is 0.395. The van der Waals surface area contributed by atoms with E-state index >= 15 is 0 Å². The lowest BCUT2D eigenvalue weighted by Gasteiger charge is -2.09. The summed E-state index contributed by atoms with van der Waals surface area (Å²) in [5, 5.41) is 1.23. The van der Waals surface area contributed by atoms with Crippen molar-refractivity contribution in [1.82, 2.24) is 0 Å². The largest absolute Gasteiger partial charge is 0.454 e. The molecule has 0 amide bonds. The summed E-state index contributed by atoms with van der Waals surface area (Å²) in [5.41, 5.74) is 0.900. The van der Waals surface area contributed by atoms with Crippen molar-refractivity contribution in [3.8, 4) is 11.5 Å². The molecule has 0 aliphatic heterocycles. The molecule has 0 atom stereocenters. The van der Waals surface area contributed by atoms with Crippen LogP contribution in [0.25, 0.3) is 0 Å². The summed E-state index contributed by atoms with van der Waals surface area (Å²) in [6, 6.07) is 9.96. The molecule has 0 aliphatic carbocycles. The molecule has 0 radical (unpaired) electrons. The second-order valence-corrected chi connectivity index (χ2v) is 5.72. The molecule has 0 fully saturated rings. The zero-order valence-corrected chi connectivity index (χ0v) is 13.6. The van der Waals surface area contributed by atoms with Gasteiger partial charge in [-0.15, -0.1) is 0 Å². The number of halogens is 4. The van der Waals surface area contributed by atoms with E-state index in [9.17, 15) is 4.39 Å². The van der Waals surface area contributed by atoms with Gasteiger partial charge >= 0.3 is 0 Å². The second kappa shape index (κ2) is 6.21. The lowest BCUT2D eigenvalue weighted by molar-refractivity contribution is 0.441. The molecule has 0 saturated carbocycles. The maximum atomic E-state index is 13.8. The monoisotopic (exact) mass is 440 g/mol. The van der Waals surface area contributed by atoms with Crippen LogP contribution < -0.4 is 4.74 Å². The van der Waals surface area contributed by atoms with Gasteiger partial charge in [-0.2, -0.15) is 0 Å². The predicted molar refractivity (Wildman–Crippen MR) is 83.3 cm³/mol. The first-order valence-corrected chi connectivity index (χ1v) is 7.65. The minimum atomic E-state index is -0.375. The third kappa shape index (κ3) is 3.36. The maximum Gasteiger partial charge on any atom is 0.166 e. The van der Waals surface area contributed by atoms with E-state index in [-0.39, 0.29) is 11.6 Å². The van der Waals surface area contributed by atoms with Gasteiger partial charge in [0.25, 0.3) is 0 Å². The van der Waals surface area contributed by atoms with Crippen molar-refractivity contribution in [2.75, 3.05) is 0 Å². The predicted octanol–water partition coefficient (Wildman–Crippen LogP) is 5.77. The number of ether oxygens (including phenoxy) is 1. The van der Waals surface area contributed by atoms with Crippen molar-refractivity contribution in [2.45, 2.75) is 5.33 Å². The Hall–Kier alpha value is -0.330. The summed E-state index contributed by atoms with van der Waals surface area (Å²) in [7, 11) is 0. The van der Waals surface area contributed by atoms with Crippen LogP contribution in [0.2, 0.25) is 5.02 Å². The second-order valence-electron chi connectivity index (χ2n) is 3.56. The summed E-state index contributed by atoms with van der Waals surface area (Å²) < 4.78 is 20.3. The fourth-order valence-electron chi connectivity index (χ4n) is 1.38. The normalized spacial score (nSPS) is 10.4. The summed E-state index contributed by atoms with van der Waals surface area (Å²) in [6.45, 7) is 0. The molecule has 0 bridgehead atoms. The summed E-state index contributed by atoms with van der Waals surface area (Å²) >= 11 is 11.2. The van der Waals surface area contributed by atoms with E-state index < -0.39 is 0 Å². The zero-order valence-electron chi connectivity index (χ0n) is 9.09. The van der Waals surface area contributed by atoms with Crippen LogP contribution in [-0.4, -0.2) is 0 Å². The van der Waals surface area contributed by atoms with Crippen LogP contribution in [-0.2, 0) is 5.33 Å². The number of hydrogen-bond donors (Lipinski definition) is 0. The van der Waals surface area contributed by atoms with Gasteiger partial charge in [0.05, 0.1) is 0 Å². The fraction of sp³-hybridized carbons (Fsp3) is 0.0769. The molecule has 0 aromatic heterocycles. The van der Waals surface area contributed by atoms with Crippen LogP contribution in [0, 0.1) is 9.39 Å². The average molecular weight is 441 g/mol. The Kier molecular flexibility index (Phi) is 4.86. The molecule has 94 valence electrons. The smallest absolute Gasteiger partial charge is 0.166 e. The van der Waals surface area contributed by atoms with E-state index in [0.717, 1.165) is 9.13 Å². The highest BCUT2D eigenvalue weighted by atomic mass is 127. The molecule has 0 aliphatic rings. The summed E-state index contributed by atoms with van der Waals surface area (Å²) in [4.78, 5) is 0. The van der Waals surface area contributed by atoms with E-state index in [1.165, 1.54) is 6.07 Å². The highest BCUT2D eigenvalue weighted by molar-refractivity contribution is 14.1. The van der Waals surface area contributed by atoms with Gasteiger partial charge < -0.3 is 4.74 Å². The number of rotatable bonds is 3. The number of benzene rings is 2. The van der Waals surface area contributed by atoms with Gasteiger partial charge in [0.15, 0.2) is 11.6 Å². The van der Waals surface area contributed by atoms with Crippen molar-refractivity contribution in [3.05, 3.63) is 56.4 Å². The van der Waals surface area contributed by atoms with E-state index in [0.29, 0.717) is 16.1 Å². The van der Waals surface area contributed by atoms with Gasteiger partial charge in [-0.25, -0.2) is 4.39 Å². The third-order valence-corrected chi connectivity index (χ3v) is 4.15. The molecule has 0 heterocycles. The van der Waals surface area contributed by atoms with Crippen molar-refractivity contribution < 1.29 is 9.13 Å². The molecular formula is C13H8BrClFIO. The molecule has 0 unspecified atom stereocenters. The van der Waals surface area contributed by atoms with E-state index in [2.05, 4.69) is 38.5 Å². The molecule has 0 N–H and O–H groups in total. The van der Waals surface area contributed by atoms with Crippen molar-refractivity contribution in [1.29, 1.82) is 0 Å². The average Bonchev–Trinajstić information content (AvgIpc) is 2.36. The van der Waals surface area contributed by atoms with E-state index in [1.807, 2.05) is 0 Å². The quantitative estimate of drug-likeness (QED) is 0.434. The number of alkyl halides is 1. The lowest BCUT2D eigenvalue weighted by atomic mass is 10.2. The first-order chi connectivity index (χ1) is 8.60. The fourth-order valence-corrected chi connectivity index (χ4v) is 3.12. The Morgan fingerprint density at radius 3 is 2.50 bits per heavy atom. The molecule has 2 aromatic rings. The molecule has 0 saturated heterocycles. The Balaban J connectivity index is 2.29. The molecule has 2 aromatic carbocycles. The van der Waals surface area contributed by atoms with Crippen molar-refractivity contribution in [2.24, 2.45) is 0 Å². The molecule has 2 rings (SSSR count). The summed E-state index contributed by atoms with van der Waals surface area (Å²) in [6.07, 6.45) is 0. The van der Waals surface area contributed by atoms with Gasteiger partial charge in [0, 0.05) is 13.9 Å². The molecule has 5 heteroatoms. The van der Waals surface area contributed by atoms with Crippen molar-refractivity contribution in [3.63, 3.8) is 0 Å². The highest BCUT2D eigenvalue weighted by Gasteiger charge is 2.09. The van der Waals surface area contributed by atoms with Crippen molar-refractivity contribution >= 4 is 50.1 Å². The van der Waals surface area contributed by atoms with Crippen LogP contribution >= 0.6 is 50.1 Å². The van der Waals surface area contributed by atoms with Crippen LogP contribution in [0.4, 0.5) is 4.39 Å². The van der Waals surface area contributed by atoms with Gasteiger partial charge in [0.1, 0.15) is 5.75 Å². The maximum absolute atomic E-state index is 13.8. The van der Waals surface area contributed by atoms with Gasteiger partial charge in [-0.1, -0.05) is 27.5 Å².